The molecule has 0 saturated carbocycles. The number of carbonyl (C=O) groups excluding carboxylic acids is 1. The minimum Gasteiger partial charge on any atom is -0.366 e. The third-order valence-electron chi connectivity index (χ3n) is 2.99. The summed E-state index contributed by atoms with van der Waals surface area (Å²) in [5.74, 6) is -0.381. The van der Waals surface area contributed by atoms with Crippen LogP contribution in [-0.2, 0) is 17.8 Å². The third-order valence-corrected chi connectivity index (χ3v) is 2.99. The van der Waals surface area contributed by atoms with E-state index < -0.39 is 0 Å². The maximum absolute atomic E-state index is 11.1. The average molecular weight is 216 g/mol. The molecule has 1 aliphatic carbocycles. The lowest BCUT2D eigenvalue weighted by Gasteiger charge is -2.09. The van der Waals surface area contributed by atoms with Crippen LogP contribution in [0.4, 0.5) is 0 Å². The molecule has 0 bridgehead atoms. The van der Waals surface area contributed by atoms with Crippen LogP contribution < -0.4 is 21.9 Å². The number of nitrogens with one attached hydrogen (secondary N) is 2. The van der Waals surface area contributed by atoms with Crippen molar-refractivity contribution in [1.82, 2.24) is 10.3 Å². The zero-order valence-corrected chi connectivity index (χ0v) is 8.71. The molecule has 0 radical (unpaired) electrons. The van der Waals surface area contributed by atoms with Gasteiger partial charge in [0, 0.05) is 23.0 Å². The van der Waals surface area contributed by atoms with Crippen molar-refractivity contribution in [2.45, 2.75) is 13.0 Å². The highest BCUT2D eigenvalue weighted by Gasteiger charge is 2.16. The maximum atomic E-state index is 11.1. The molecule has 1 aromatic rings. The zero-order valence-electron chi connectivity index (χ0n) is 8.71. The smallest absolute Gasteiger partial charge is 0.248 e. The van der Waals surface area contributed by atoms with E-state index in [0.717, 1.165) is 23.8 Å². The molecule has 16 heavy (non-hydrogen) atoms. The molecule has 2 heterocycles. The minimum atomic E-state index is -0.381. The number of rotatable bonds is 1. The summed E-state index contributed by atoms with van der Waals surface area (Å²) in [6.07, 6.45) is 4.41. The van der Waals surface area contributed by atoms with Crippen molar-refractivity contribution in [2.75, 3.05) is 6.67 Å². The van der Waals surface area contributed by atoms with Gasteiger partial charge in [-0.3, -0.25) is 15.1 Å². The fourth-order valence-corrected chi connectivity index (χ4v) is 2.18. The van der Waals surface area contributed by atoms with Crippen molar-refractivity contribution in [2.24, 2.45) is 10.7 Å². The lowest BCUT2D eigenvalue weighted by Crippen LogP contribution is -2.27. The number of allylic oxidation sites excluding steroid dienone is 1. The Hall–Kier alpha value is -1.88. The van der Waals surface area contributed by atoms with Crippen LogP contribution in [0.2, 0.25) is 0 Å². The number of nitrogens with zero attached hydrogens (tertiary/aromatic N) is 1. The molecule has 0 unspecified atom stereocenters. The number of carbonyl (C=O) groups is 1. The molecule has 2 aliphatic rings. The van der Waals surface area contributed by atoms with E-state index in [1.165, 1.54) is 11.1 Å². The highest BCUT2D eigenvalue weighted by Crippen LogP contribution is 2.10. The second-order valence-corrected chi connectivity index (χ2v) is 3.96. The number of nitrogens with two attached hydrogens (primary N) is 1. The van der Waals surface area contributed by atoms with Crippen LogP contribution >= 0.6 is 0 Å². The predicted molar refractivity (Wildman–Crippen MR) is 58.7 cm³/mol. The van der Waals surface area contributed by atoms with Gasteiger partial charge >= 0.3 is 0 Å². The van der Waals surface area contributed by atoms with E-state index in [9.17, 15) is 4.79 Å². The molecule has 5 nitrogen and oxygen atoms in total. The molecule has 0 spiro atoms. The molecule has 1 amide bonds. The number of aromatic nitrogens is 1. The lowest BCUT2D eigenvalue weighted by atomic mass is 10.0. The molecule has 0 fully saturated rings. The normalized spacial score (nSPS) is 17.6. The topological polar surface area (TPSA) is 83.3 Å². The molecule has 4 N–H and O–H groups in total. The Morgan fingerprint density at radius 2 is 2.31 bits per heavy atom. The number of aromatic amines is 1. The molecule has 5 heteroatoms. The summed E-state index contributed by atoms with van der Waals surface area (Å²) in [5.41, 5.74) is 9.18. The first-order valence-corrected chi connectivity index (χ1v) is 5.22. The summed E-state index contributed by atoms with van der Waals surface area (Å²) in [5, 5.41) is 4.16. The van der Waals surface area contributed by atoms with Crippen molar-refractivity contribution in [3.63, 3.8) is 0 Å². The van der Waals surface area contributed by atoms with E-state index in [1.807, 2.05) is 6.08 Å². The monoisotopic (exact) mass is 216 g/mol. The van der Waals surface area contributed by atoms with Crippen LogP contribution in [0, 0.1) is 0 Å². The minimum absolute atomic E-state index is 0.381. The van der Waals surface area contributed by atoms with Gasteiger partial charge < -0.3 is 10.7 Å². The predicted octanol–water partition coefficient (Wildman–Crippen LogP) is -1.56. The maximum Gasteiger partial charge on any atom is 0.248 e. The molecule has 1 aromatic heterocycles. The van der Waals surface area contributed by atoms with Crippen molar-refractivity contribution in [1.29, 1.82) is 0 Å². The molecule has 3 rings (SSSR count). The van der Waals surface area contributed by atoms with E-state index in [0.29, 0.717) is 12.2 Å². The summed E-state index contributed by atoms with van der Waals surface area (Å²) < 4.78 is 0. The number of H-pyrrole nitrogens is 1. The van der Waals surface area contributed by atoms with Gasteiger partial charge in [0.25, 0.3) is 0 Å². The number of fused-ring (bicyclic) bond motifs is 3. The molecule has 0 atom stereocenters. The summed E-state index contributed by atoms with van der Waals surface area (Å²) in [6, 6.07) is 0. The van der Waals surface area contributed by atoms with Gasteiger partial charge in [-0.1, -0.05) is 6.08 Å². The first-order valence-electron chi connectivity index (χ1n) is 5.22. The van der Waals surface area contributed by atoms with Crippen molar-refractivity contribution >= 4 is 12.0 Å². The van der Waals surface area contributed by atoms with E-state index >= 15 is 0 Å². The SMILES string of the molecule is NC(=O)C1=CCc2c3c([nH]c2=C1)=NCNC3. The number of primary amides is 1. The lowest BCUT2D eigenvalue weighted by molar-refractivity contribution is -0.114. The Kier molecular flexibility index (Phi) is 1.94. The van der Waals surface area contributed by atoms with Crippen LogP contribution in [0.3, 0.4) is 0 Å². The molecule has 0 saturated heterocycles. The summed E-state index contributed by atoms with van der Waals surface area (Å²) in [7, 11) is 0. The number of hydrogen-bond donors (Lipinski definition) is 3. The summed E-state index contributed by atoms with van der Waals surface area (Å²) in [6.45, 7) is 1.47. The summed E-state index contributed by atoms with van der Waals surface area (Å²) in [4.78, 5) is 18.7. The fraction of sp³-hybridized carbons (Fsp3) is 0.273. The number of hydrogen-bond acceptors (Lipinski definition) is 3. The van der Waals surface area contributed by atoms with Gasteiger partial charge in [0.2, 0.25) is 5.91 Å². The largest absolute Gasteiger partial charge is 0.366 e. The Labute approximate surface area is 91.8 Å². The van der Waals surface area contributed by atoms with E-state index in [1.54, 1.807) is 6.08 Å². The quantitative estimate of drug-likeness (QED) is 0.530. The fourth-order valence-electron chi connectivity index (χ4n) is 2.18. The Morgan fingerprint density at radius 1 is 1.44 bits per heavy atom. The third kappa shape index (κ3) is 1.29. The van der Waals surface area contributed by atoms with Gasteiger partial charge in [-0.05, 0) is 18.1 Å². The van der Waals surface area contributed by atoms with Gasteiger partial charge in [-0.2, -0.15) is 0 Å². The second-order valence-electron chi connectivity index (χ2n) is 3.96. The van der Waals surface area contributed by atoms with Crippen LogP contribution in [0.1, 0.15) is 11.1 Å². The first kappa shape index (κ1) is 9.35. The molecule has 82 valence electrons. The first-order chi connectivity index (χ1) is 7.75. The molecular formula is C11H12N4O. The van der Waals surface area contributed by atoms with E-state index in [2.05, 4.69) is 15.3 Å². The van der Waals surface area contributed by atoms with E-state index in [4.69, 9.17) is 5.73 Å². The highest BCUT2D eigenvalue weighted by molar-refractivity contribution is 6.00. The second kappa shape index (κ2) is 3.31. The van der Waals surface area contributed by atoms with Crippen LogP contribution in [0.5, 0.6) is 0 Å². The van der Waals surface area contributed by atoms with Gasteiger partial charge in [0.15, 0.2) is 0 Å². The Balaban J connectivity index is 2.20. The van der Waals surface area contributed by atoms with Crippen LogP contribution in [0.15, 0.2) is 16.6 Å². The molecular weight excluding hydrogens is 204 g/mol. The van der Waals surface area contributed by atoms with Crippen molar-refractivity contribution < 1.29 is 4.79 Å². The summed E-state index contributed by atoms with van der Waals surface area (Å²) >= 11 is 0. The highest BCUT2D eigenvalue weighted by atomic mass is 16.1. The van der Waals surface area contributed by atoms with Crippen molar-refractivity contribution in [3.8, 4) is 0 Å². The zero-order chi connectivity index (χ0) is 11.1. The van der Waals surface area contributed by atoms with Gasteiger partial charge in [-0.15, -0.1) is 0 Å². The van der Waals surface area contributed by atoms with Crippen molar-refractivity contribution in [3.05, 3.63) is 33.6 Å². The standard InChI is InChI=1S/C11H12N4O/c12-10(16)6-1-2-7-8-4-13-5-14-11(8)15-9(7)3-6/h1,3,13H,2,4-5H2,(H2,12,16)(H,14,15). The Morgan fingerprint density at radius 3 is 3.12 bits per heavy atom. The van der Waals surface area contributed by atoms with Gasteiger partial charge in [0.05, 0.1) is 6.67 Å². The van der Waals surface area contributed by atoms with Gasteiger partial charge in [0.1, 0.15) is 5.49 Å². The van der Waals surface area contributed by atoms with Crippen LogP contribution in [-0.4, -0.2) is 17.6 Å². The molecule has 1 aliphatic heterocycles. The Bertz CT molecular complexity index is 609. The average Bonchev–Trinajstić information content (AvgIpc) is 2.66. The number of amides is 1. The van der Waals surface area contributed by atoms with Gasteiger partial charge in [-0.25, -0.2) is 0 Å². The van der Waals surface area contributed by atoms with E-state index in [-0.39, 0.29) is 5.91 Å². The molecule has 0 aromatic carbocycles. The van der Waals surface area contributed by atoms with Crippen LogP contribution in [0.25, 0.3) is 6.08 Å².